The molecular weight excluding hydrogens is 471 g/mol. The normalized spacial score (nSPS) is 16.8. The lowest BCUT2D eigenvalue weighted by molar-refractivity contribution is -0.441. The molecule has 0 aliphatic heterocycles. The third-order valence-electron chi connectivity index (χ3n) is 4.25. The van der Waals surface area contributed by atoms with E-state index in [0.29, 0.717) is 6.92 Å². The lowest BCUT2D eigenvalue weighted by Gasteiger charge is -2.41. The van der Waals surface area contributed by atoms with Crippen molar-refractivity contribution in [3.05, 3.63) is 29.8 Å². The van der Waals surface area contributed by atoms with Crippen molar-refractivity contribution in [1.82, 2.24) is 0 Å². The van der Waals surface area contributed by atoms with Crippen LogP contribution in [0.4, 0.5) is 57.1 Å². The zero-order valence-corrected chi connectivity index (χ0v) is 15.3. The molecule has 0 aliphatic rings. The molecule has 1 aromatic carbocycles. The first-order chi connectivity index (χ1) is 13.5. The molecule has 0 heterocycles. The lowest BCUT2D eigenvalue weighted by atomic mass is 9.84. The molecule has 0 aromatic heterocycles. The number of methoxy groups -OCH3 is 1. The number of hydrogen-bond acceptors (Lipinski definition) is 2. The van der Waals surface area contributed by atoms with Crippen LogP contribution < -0.4 is 4.74 Å². The van der Waals surface area contributed by atoms with Crippen molar-refractivity contribution in [2.45, 2.75) is 54.7 Å². The number of hydrogen-bond donors (Lipinski definition) is 1. The summed E-state index contributed by atoms with van der Waals surface area (Å²) in [5.41, 5.74) is -3.93. The van der Waals surface area contributed by atoms with Gasteiger partial charge in [0.05, 0.1) is 19.1 Å². The van der Waals surface area contributed by atoms with Crippen LogP contribution in [0.5, 0.6) is 5.75 Å². The smallest absolute Gasteiger partial charge is 0.460 e. The van der Waals surface area contributed by atoms with Crippen molar-refractivity contribution in [2.75, 3.05) is 7.11 Å². The van der Waals surface area contributed by atoms with E-state index in [2.05, 4.69) is 4.74 Å². The van der Waals surface area contributed by atoms with Gasteiger partial charge in [-0.1, -0.05) is 18.2 Å². The minimum Gasteiger partial charge on any atom is -0.496 e. The molecule has 1 rings (SSSR count). The summed E-state index contributed by atoms with van der Waals surface area (Å²) in [6.07, 6.45) is -10.3. The Morgan fingerprint density at radius 3 is 1.55 bits per heavy atom. The maximum absolute atomic E-state index is 14.0. The third-order valence-corrected chi connectivity index (χ3v) is 4.25. The second-order valence-electron chi connectivity index (χ2n) is 6.65. The highest BCUT2D eigenvalue weighted by Gasteiger charge is 2.90. The van der Waals surface area contributed by atoms with Crippen LogP contribution in [0.1, 0.15) is 18.9 Å². The van der Waals surface area contributed by atoms with Gasteiger partial charge in [-0.2, -0.15) is 57.1 Å². The van der Waals surface area contributed by atoms with Crippen LogP contribution in [0.3, 0.4) is 0 Å². The van der Waals surface area contributed by atoms with Crippen LogP contribution in [0, 0.1) is 0 Å². The molecule has 15 heteroatoms. The average molecular weight is 484 g/mol. The Hall–Kier alpha value is -1.93. The maximum Gasteiger partial charge on any atom is 0.460 e. The van der Waals surface area contributed by atoms with E-state index in [9.17, 15) is 62.2 Å². The molecule has 1 aromatic rings. The molecule has 1 N–H and O–H groups in total. The summed E-state index contributed by atoms with van der Waals surface area (Å²) < 4.78 is 176. The van der Waals surface area contributed by atoms with Crippen LogP contribution in [-0.2, 0) is 5.60 Å². The van der Waals surface area contributed by atoms with Crippen LogP contribution >= 0.6 is 0 Å². The molecule has 0 amide bonds. The predicted molar refractivity (Wildman–Crippen MR) is 78.0 cm³/mol. The Bertz CT molecular complexity index is 784. The topological polar surface area (TPSA) is 29.5 Å². The van der Waals surface area contributed by atoms with Gasteiger partial charge in [-0.25, -0.2) is 0 Å². The van der Waals surface area contributed by atoms with E-state index in [4.69, 9.17) is 0 Å². The molecule has 0 spiro atoms. The first-order valence-electron chi connectivity index (χ1n) is 7.83. The standard InChI is InChI=1S/C16H13F13O2/c1-10(30,8-5-3-4-6-9(8)31-2)7-11(17,18)12(19,20)13(21,22)14(23,24)15(25,26)16(27,28)29/h3-6,30H,7H2,1-2H3. The molecule has 0 radical (unpaired) electrons. The third kappa shape index (κ3) is 4.12. The molecule has 0 bridgehead atoms. The molecule has 1 atom stereocenters. The van der Waals surface area contributed by atoms with E-state index >= 15 is 0 Å². The summed E-state index contributed by atoms with van der Waals surface area (Å²) in [7, 11) is 0.926. The Labute approximate surface area is 165 Å². The van der Waals surface area contributed by atoms with Crippen molar-refractivity contribution in [1.29, 1.82) is 0 Å². The molecule has 0 aliphatic carbocycles. The average Bonchev–Trinajstić information content (AvgIpc) is 2.59. The summed E-state index contributed by atoms with van der Waals surface area (Å²) in [6.45, 7) is 0.357. The largest absolute Gasteiger partial charge is 0.496 e. The van der Waals surface area contributed by atoms with Crippen molar-refractivity contribution >= 4 is 0 Å². The highest BCUT2D eigenvalue weighted by atomic mass is 19.4. The fourth-order valence-electron chi connectivity index (χ4n) is 2.53. The van der Waals surface area contributed by atoms with Crippen LogP contribution in [0.15, 0.2) is 24.3 Å². The zero-order chi connectivity index (χ0) is 24.9. The first kappa shape index (κ1) is 27.1. The Kier molecular flexibility index (Phi) is 6.63. The number of aliphatic hydroxyl groups is 1. The molecule has 31 heavy (non-hydrogen) atoms. The predicted octanol–water partition coefficient (Wildman–Crippen LogP) is 6.03. The van der Waals surface area contributed by atoms with Gasteiger partial charge in [-0.3, -0.25) is 0 Å². The molecular formula is C16H13F13O2. The van der Waals surface area contributed by atoms with Crippen molar-refractivity contribution in [2.24, 2.45) is 0 Å². The Balaban J connectivity index is 3.49. The van der Waals surface area contributed by atoms with E-state index in [1.807, 2.05) is 0 Å². The second-order valence-corrected chi connectivity index (χ2v) is 6.65. The van der Waals surface area contributed by atoms with Gasteiger partial charge in [-0.05, 0) is 13.0 Å². The number of para-hydroxylation sites is 1. The SMILES string of the molecule is COc1ccccc1C(C)(O)CC(F)(F)C(F)(F)C(F)(F)C(F)(F)C(F)(F)C(F)(F)F. The quantitative estimate of drug-likeness (QED) is 0.457. The van der Waals surface area contributed by atoms with E-state index < -0.39 is 59.1 Å². The van der Waals surface area contributed by atoms with Gasteiger partial charge in [0.2, 0.25) is 0 Å². The van der Waals surface area contributed by atoms with Gasteiger partial charge < -0.3 is 9.84 Å². The minimum absolute atomic E-state index is 0.357. The van der Waals surface area contributed by atoms with Gasteiger partial charge in [0.15, 0.2) is 0 Å². The van der Waals surface area contributed by atoms with Gasteiger partial charge in [0, 0.05) is 5.56 Å². The Morgan fingerprint density at radius 2 is 1.13 bits per heavy atom. The molecule has 0 fully saturated rings. The molecule has 0 saturated carbocycles. The fourth-order valence-corrected chi connectivity index (χ4v) is 2.53. The monoisotopic (exact) mass is 484 g/mol. The van der Waals surface area contributed by atoms with Crippen molar-refractivity contribution in [3.8, 4) is 5.75 Å². The maximum atomic E-state index is 14.0. The number of halogens is 13. The molecule has 2 nitrogen and oxygen atoms in total. The summed E-state index contributed by atoms with van der Waals surface area (Å²) in [4.78, 5) is 0. The fraction of sp³-hybridized carbons (Fsp3) is 0.625. The molecule has 1 unspecified atom stereocenters. The van der Waals surface area contributed by atoms with Crippen molar-refractivity contribution in [3.63, 3.8) is 0 Å². The van der Waals surface area contributed by atoms with Gasteiger partial charge in [0.1, 0.15) is 5.75 Å². The molecule has 180 valence electrons. The van der Waals surface area contributed by atoms with E-state index in [0.717, 1.165) is 25.3 Å². The molecule has 0 saturated heterocycles. The lowest BCUT2D eigenvalue weighted by Crippen LogP contribution is -2.70. The number of alkyl halides is 13. The van der Waals surface area contributed by atoms with E-state index in [-0.39, 0.29) is 0 Å². The summed E-state index contributed by atoms with van der Waals surface area (Å²) in [5, 5.41) is 10.1. The van der Waals surface area contributed by atoms with Gasteiger partial charge in [-0.15, -0.1) is 0 Å². The summed E-state index contributed by atoms with van der Waals surface area (Å²) in [5.74, 6) is -38.0. The van der Waals surface area contributed by atoms with E-state index in [1.165, 1.54) is 6.07 Å². The Morgan fingerprint density at radius 1 is 0.710 bits per heavy atom. The zero-order valence-electron chi connectivity index (χ0n) is 15.3. The van der Waals surface area contributed by atoms with E-state index in [1.54, 1.807) is 0 Å². The summed E-state index contributed by atoms with van der Waals surface area (Å²) >= 11 is 0. The van der Waals surface area contributed by atoms with Gasteiger partial charge in [0.25, 0.3) is 0 Å². The van der Waals surface area contributed by atoms with Gasteiger partial charge >= 0.3 is 35.8 Å². The highest BCUT2D eigenvalue weighted by Crippen LogP contribution is 2.61. The number of ether oxygens (including phenoxy) is 1. The first-order valence-corrected chi connectivity index (χ1v) is 7.83. The van der Waals surface area contributed by atoms with Crippen LogP contribution in [-0.4, -0.2) is 48.0 Å². The highest BCUT2D eigenvalue weighted by molar-refractivity contribution is 5.38. The summed E-state index contributed by atoms with van der Waals surface area (Å²) in [6, 6.07) is 4.07. The van der Waals surface area contributed by atoms with Crippen molar-refractivity contribution < 1.29 is 66.9 Å². The second kappa shape index (κ2) is 7.59. The number of rotatable bonds is 8. The van der Waals surface area contributed by atoms with Crippen LogP contribution in [0.25, 0.3) is 0 Å². The number of benzene rings is 1. The van der Waals surface area contributed by atoms with Crippen LogP contribution in [0.2, 0.25) is 0 Å². The minimum atomic E-state index is -7.98.